The molecule has 0 heterocycles. The Bertz CT molecular complexity index is 151. The van der Waals surface area contributed by atoms with Crippen LogP contribution >= 0.6 is 7.60 Å². The molecule has 0 rings (SSSR count). The highest BCUT2D eigenvalue weighted by Gasteiger charge is 2.08. The predicted octanol–water partition coefficient (Wildman–Crippen LogP) is -0.773. The molecule has 0 bridgehead atoms. The molecule has 0 saturated carbocycles. The van der Waals surface area contributed by atoms with Crippen LogP contribution in [0.15, 0.2) is 4.99 Å². The lowest BCUT2D eigenvalue weighted by Gasteiger charge is -1.95. The topological polar surface area (TPSA) is 90.1 Å². The van der Waals surface area contributed by atoms with Crippen molar-refractivity contribution < 1.29 is 19.5 Å². The summed E-state index contributed by atoms with van der Waals surface area (Å²) in [6.45, 7) is 0.0949. The Morgan fingerprint density at radius 3 is 2.50 bits per heavy atom. The first-order chi connectivity index (χ1) is 4.56. The molecule has 6 heteroatoms. The van der Waals surface area contributed by atoms with Gasteiger partial charge in [-0.15, -0.1) is 0 Å². The highest BCUT2D eigenvalue weighted by molar-refractivity contribution is 7.52. The molecule has 0 unspecified atom stereocenters. The molecule has 0 aliphatic heterocycles. The summed E-state index contributed by atoms with van der Waals surface area (Å²) in [4.78, 5) is 20.1. The lowest BCUT2D eigenvalue weighted by molar-refractivity contribution is 0.307. The minimum Gasteiger partial charge on any atom is -0.394 e. The quantitative estimate of drug-likeness (QED) is 0.378. The summed E-state index contributed by atoms with van der Waals surface area (Å²) in [6, 6.07) is 0. The Balaban J connectivity index is 3.44. The Hall–Kier alpha value is -0.220. The minimum absolute atomic E-state index is 0.0995. The van der Waals surface area contributed by atoms with Crippen molar-refractivity contribution in [1.82, 2.24) is 0 Å². The van der Waals surface area contributed by atoms with Crippen LogP contribution in [0.3, 0.4) is 0 Å². The maximum Gasteiger partial charge on any atom is 0.330 e. The molecule has 0 aromatic carbocycles. The predicted molar refractivity (Wildman–Crippen MR) is 37.4 cm³/mol. The Morgan fingerprint density at radius 1 is 1.50 bits per heavy atom. The van der Waals surface area contributed by atoms with Crippen molar-refractivity contribution in [2.75, 3.05) is 19.3 Å². The average molecular weight is 167 g/mol. The zero-order chi connectivity index (χ0) is 8.04. The molecule has 0 aliphatic rings. The third-order valence-corrected chi connectivity index (χ3v) is 1.32. The summed E-state index contributed by atoms with van der Waals surface area (Å²) in [5, 5.41) is 8.19. The zero-order valence-electron chi connectivity index (χ0n) is 5.34. The molecule has 0 aromatic heterocycles. The maximum atomic E-state index is 10.1. The molecule has 5 nitrogen and oxygen atoms in total. The SMILES string of the molecule is O=P(O)(O)CC=NCCO. The van der Waals surface area contributed by atoms with E-state index >= 15 is 0 Å². The molecule has 0 amide bonds. The van der Waals surface area contributed by atoms with Crippen LogP contribution in [0.2, 0.25) is 0 Å². The van der Waals surface area contributed by atoms with Crippen molar-refractivity contribution in [3.63, 3.8) is 0 Å². The number of nitrogens with zero attached hydrogens (tertiary/aromatic N) is 1. The Labute approximate surface area is 58.6 Å². The molecule has 0 fully saturated rings. The van der Waals surface area contributed by atoms with E-state index in [4.69, 9.17) is 14.9 Å². The summed E-state index contributed by atoms with van der Waals surface area (Å²) in [7, 11) is -3.94. The summed E-state index contributed by atoms with van der Waals surface area (Å²) in [6.07, 6.45) is 0.768. The van der Waals surface area contributed by atoms with Gasteiger partial charge >= 0.3 is 7.60 Å². The van der Waals surface area contributed by atoms with Gasteiger partial charge in [0.25, 0.3) is 0 Å². The second kappa shape index (κ2) is 4.57. The van der Waals surface area contributed by atoms with Crippen LogP contribution in [0.4, 0.5) is 0 Å². The van der Waals surface area contributed by atoms with Gasteiger partial charge in [-0.1, -0.05) is 0 Å². The van der Waals surface area contributed by atoms with Crippen molar-refractivity contribution in [3.8, 4) is 0 Å². The van der Waals surface area contributed by atoms with Gasteiger partial charge in [-0.05, 0) is 0 Å². The lowest BCUT2D eigenvalue weighted by Crippen LogP contribution is -1.92. The van der Waals surface area contributed by atoms with Crippen LogP contribution < -0.4 is 0 Å². The first-order valence-electron chi connectivity index (χ1n) is 2.70. The number of hydrogen-bond donors (Lipinski definition) is 3. The number of aliphatic hydroxyl groups is 1. The van der Waals surface area contributed by atoms with Crippen LogP contribution in [0.25, 0.3) is 0 Å². The second-order valence-corrected chi connectivity index (χ2v) is 3.35. The largest absolute Gasteiger partial charge is 0.394 e. The Kier molecular flexibility index (Phi) is 4.47. The van der Waals surface area contributed by atoms with Crippen molar-refractivity contribution >= 4 is 13.8 Å². The molecule has 0 radical (unpaired) electrons. The van der Waals surface area contributed by atoms with Crippen molar-refractivity contribution in [1.29, 1.82) is 0 Å². The van der Waals surface area contributed by atoms with Crippen LogP contribution in [-0.2, 0) is 4.57 Å². The second-order valence-electron chi connectivity index (χ2n) is 1.66. The van der Waals surface area contributed by atoms with E-state index in [1.807, 2.05) is 0 Å². The molecule has 10 heavy (non-hydrogen) atoms. The lowest BCUT2D eigenvalue weighted by atomic mass is 10.7. The molecule has 0 aromatic rings. The van der Waals surface area contributed by atoms with Gasteiger partial charge in [0.05, 0.1) is 19.3 Å². The molecule has 3 N–H and O–H groups in total. The van der Waals surface area contributed by atoms with Gasteiger partial charge in [-0.2, -0.15) is 0 Å². The molecule has 0 atom stereocenters. The molecular weight excluding hydrogens is 157 g/mol. The van der Waals surface area contributed by atoms with Crippen molar-refractivity contribution in [3.05, 3.63) is 0 Å². The third-order valence-electron chi connectivity index (χ3n) is 0.678. The van der Waals surface area contributed by atoms with Crippen LogP contribution in [-0.4, -0.2) is 40.4 Å². The number of aliphatic imine (C=N–C) groups is 1. The first-order valence-corrected chi connectivity index (χ1v) is 4.50. The van der Waals surface area contributed by atoms with Crippen molar-refractivity contribution in [2.45, 2.75) is 0 Å². The highest BCUT2D eigenvalue weighted by atomic mass is 31.2. The van der Waals surface area contributed by atoms with E-state index in [-0.39, 0.29) is 19.3 Å². The van der Waals surface area contributed by atoms with Gasteiger partial charge in [0.1, 0.15) is 0 Å². The van der Waals surface area contributed by atoms with E-state index in [2.05, 4.69) is 4.99 Å². The molecule has 0 spiro atoms. The first kappa shape index (κ1) is 9.78. The van der Waals surface area contributed by atoms with E-state index in [0.29, 0.717) is 0 Å². The monoisotopic (exact) mass is 167 g/mol. The highest BCUT2D eigenvalue weighted by Crippen LogP contribution is 2.32. The van der Waals surface area contributed by atoms with E-state index in [9.17, 15) is 4.57 Å². The minimum atomic E-state index is -3.94. The van der Waals surface area contributed by atoms with Gasteiger partial charge < -0.3 is 14.9 Å². The maximum absolute atomic E-state index is 10.1. The van der Waals surface area contributed by atoms with Crippen LogP contribution in [0, 0.1) is 0 Å². The van der Waals surface area contributed by atoms with Gasteiger partial charge in [0, 0.05) is 6.21 Å². The summed E-state index contributed by atoms with van der Waals surface area (Å²) in [5.41, 5.74) is 0. The van der Waals surface area contributed by atoms with E-state index in [0.717, 1.165) is 6.21 Å². The average Bonchev–Trinajstić information content (AvgIpc) is 1.78. The van der Waals surface area contributed by atoms with Gasteiger partial charge in [0.15, 0.2) is 0 Å². The normalized spacial score (nSPS) is 12.7. The third kappa shape index (κ3) is 7.78. The molecule has 0 saturated heterocycles. The van der Waals surface area contributed by atoms with Gasteiger partial charge in [0.2, 0.25) is 0 Å². The van der Waals surface area contributed by atoms with Crippen molar-refractivity contribution in [2.24, 2.45) is 4.99 Å². The smallest absolute Gasteiger partial charge is 0.330 e. The standard InChI is InChI=1S/C4H10NO4P/c6-3-1-5-2-4-10(7,8)9/h2,6H,1,3-4H2,(H2,7,8,9). The van der Waals surface area contributed by atoms with E-state index in [1.54, 1.807) is 0 Å². The van der Waals surface area contributed by atoms with Gasteiger partial charge in [-0.25, -0.2) is 0 Å². The number of rotatable bonds is 4. The summed E-state index contributed by atoms with van der Waals surface area (Å²) >= 11 is 0. The molecule has 0 aliphatic carbocycles. The van der Waals surface area contributed by atoms with Crippen LogP contribution in [0.5, 0.6) is 0 Å². The number of aliphatic hydroxyl groups excluding tert-OH is 1. The van der Waals surface area contributed by atoms with E-state index in [1.165, 1.54) is 0 Å². The van der Waals surface area contributed by atoms with Gasteiger partial charge in [-0.3, -0.25) is 9.56 Å². The fourth-order valence-electron chi connectivity index (χ4n) is 0.313. The fourth-order valence-corrected chi connectivity index (χ4v) is 0.641. The fraction of sp³-hybridized carbons (Fsp3) is 0.750. The summed E-state index contributed by atoms with van der Waals surface area (Å²) in [5.74, 6) is 0. The van der Waals surface area contributed by atoms with E-state index < -0.39 is 7.60 Å². The van der Waals surface area contributed by atoms with Crippen LogP contribution in [0.1, 0.15) is 0 Å². The summed E-state index contributed by atoms with van der Waals surface area (Å²) < 4.78 is 10.1. The zero-order valence-corrected chi connectivity index (χ0v) is 6.24. The number of hydrogen-bond acceptors (Lipinski definition) is 3. The Morgan fingerprint density at radius 2 is 2.10 bits per heavy atom. The molecule has 60 valence electrons. The molecular formula is C4H10NO4P.